The maximum absolute atomic E-state index is 4.20. The first-order valence-corrected chi connectivity index (χ1v) is 16.2. The molecule has 0 fully saturated rings. The Morgan fingerprint density at radius 3 is 1.00 bits per heavy atom. The summed E-state index contributed by atoms with van der Waals surface area (Å²) < 4.78 is 0. The molecule has 0 rings (SSSR count). The van der Waals surface area contributed by atoms with Crippen molar-refractivity contribution in [3.63, 3.8) is 0 Å². The van der Waals surface area contributed by atoms with Gasteiger partial charge in [-0.15, -0.1) is 17.0 Å². The molecule has 0 unspecified atom stereocenters. The number of rotatable bonds is 24. The Morgan fingerprint density at radius 1 is 0.400 bits per heavy atom. The molecule has 1 nitrogen and oxygen atoms in total. The quantitative estimate of drug-likeness (QED) is 0.101. The van der Waals surface area contributed by atoms with Gasteiger partial charge in [0.1, 0.15) is 0 Å². The van der Waals surface area contributed by atoms with Gasteiger partial charge in [0.15, 0.2) is 0 Å². The molecule has 0 atom stereocenters. The van der Waals surface area contributed by atoms with Gasteiger partial charge in [0.25, 0.3) is 0 Å². The van der Waals surface area contributed by atoms with Crippen LogP contribution < -0.4 is 5.09 Å². The van der Waals surface area contributed by atoms with Gasteiger partial charge in [-0.05, 0) is 44.9 Å². The molecule has 0 aromatic rings. The molecule has 0 aliphatic rings. The SMILES string of the molecule is Br.CCCCCCCC[P+](CCCCCCCC)(CCCCCCCC)NCCC. The summed E-state index contributed by atoms with van der Waals surface area (Å²) in [5, 5.41) is 4.20. The highest BCUT2D eigenvalue weighted by molar-refractivity contribution is 8.93. The Hall–Kier alpha value is 0.870. The summed E-state index contributed by atoms with van der Waals surface area (Å²) in [6.07, 6.45) is 31.9. The Morgan fingerprint density at radius 2 is 0.700 bits per heavy atom. The zero-order chi connectivity index (χ0) is 21.5. The molecule has 0 amide bonds. The van der Waals surface area contributed by atoms with Gasteiger partial charge < -0.3 is 0 Å². The van der Waals surface area contributed by atoms with Crippen LogP contribution in [-0.2, 0) is 0 Å². The molecule has 0 spiro atoms. The van der Waals surface area contributed by atoms with Gasteiger partial charge in [0.2, 0.25) is 0 Å². The highest BCUT2D eigenvalue weighted by atomic mass is 79.9. The van der Waals surface area contributed by atoms with Gasteiger partial charge >= 0.3 is 0 Å². The highest BCUT2D eigenvalue weighted by Crippen LogP contribution is 2.57. The molecule has 184 valence electrons. The van der Waals surface area contributed by atoms with Crippen molar-refractivity contribution in [3.05, 3.63) is 0 Å². The smallest absolute Gasteiger partial charge is 0.0799 e. The van der Waals surface area contributed by atoms with Crippen LogP contribution in [0.5, 0.6) is 0 Å². The van der Waals surface area contributed by atoms with Crippen molar-refractivity contribution in [2.24, 2.45) is 0 Å². The predicted octanol–water partition coefficient (Wildman–Crippen LogP) is 10.6. The first kappa shape index (κ1) is 33.0. The molecule has 0 saturated heterocycles. The molecule has 0 heterocycles. The van der Waals surface area contributed by atoms with Crippen LogP contribution in [0.4, 0.5) is 0 Å². The highest BCUT2D eigenvalue weighted by Gasteiger charge is 2.35. The Bertz CT molecular complexity index is 270. The first-order chi connectivity index (χ1) is 14.2. The van der Waals surface area contributed by atoms with Crippen molar-refractivity contribution in [2.75, 3.05) is 25.0 Å². The fourth-order valence-corrected chi connectivity index (χ4v) is 8.84. The monoisotopic (exact) mass is 508 g/mol. The summed E-state index contributed by atoms with van der Waals surface area (Å²) in [5.41, 5.74) is 0. The van der Waals surface area contributed by atoms with Crippen molar-refractivity contribution in [1.82, 2.24) is 5.09 Å². The largest absolute Gasteiger partial charge is 0.192 e. The predicted molar refractivity (Wildman–Crippen MR) is 150 cm³/mol. The zero-order valence-electron chi connectivity index (χ0n) is 21.6. The second-order valence-corrected chi connectivity index (χ2v) is 13.5. The van der Waals surface area contributed by atoms with Gasteiger partial charge in [-0.1, -0.05) is 105 Å². The van der Waals surface area contributed by atoms with Crippen LogP contribution in [0.3, 0.4) is 0 Å². The average Bonchev–Trinajstić information content (AvgIpc) is 2.74. The van der Waals surface area contributed by atoms with E-state index >= 15 is 0 Å². The summed E-state index contributed by atoms with van der Waals surface area (Å²) in [5.74, 6) is 0. The van der Waals surface area contributed by atoms with Crippen molar-refractivity contribution in [3.8, 4) is 0 Å². The van der Waals surface area contributed by atoms with E-state index in [0.717, 1.165) is 0 Å². The van der Waals surface area contributed by atoms with Crippen LogP contribution in [0.1, 0.15) is 150 Å². The van der Waals surface area contributed by atoms with E-state index in [1.807, 2.05) is 0 Å². The number of hydrogen-bond acceptors (Lipinski definition) is 1. The summed E-state index contributed by atoms with van der Waals surface area (Å²) in [6, 6.07) is 0. The fourth-order valence-electron chi connectivity index (χ4n) is 4.51. The van der Waals surface area contributed by atoms with E-state index in [4.69, 9.17) is 0 Å². The lowest BCUT2D eigenvalue weighted by Gasteiger charge is -2.28. The van der Waals surface area contributed by atoms with E-state index < -0.39 is 7.41 Å². The van der Waals surface area contributed by atoms with Gasteiger partial charge in [-0.25, -0.2) is 0 Å². The van der Waals surface area contributed by atoms with Crippen LogP contribution in [0.2, 0.25) is 0 Å². The molecular formula is C27H60BrNP+. The van der Waals surface area contributed by atoms with Gasteiger partial charge in [0, 0.05) is 6.54 Å². The maximum atomic E-state index is 4.20. The van der Waals surface area contributed by atoms with E-state index in [1.54, 1.807) is 0 Å². The minimum atomic E-state index is -0.929. The Balaban J connectivity index is 0. The molecule has 0 aromatic carbocycles. The van der Waals surface area contributed by atoms with Crippen LogP contribution >= 0.6 is 24.4 Å². The third-order valence-corrected chi connectivity index (χ3v) is 10.9. The Labute approximate surface area is 203 Å². The lowest BCUT2D eigenvalue weighted by atomic mass is 10.1. The van der Waals surface area contributed by atoms with Crippen LogP contribution in [0.25, 0.3) is 0 Å². The van der Waals surface area contributed by atoms with Gasteiger partial charge in [0.05, 0.1) is 25.9 Å². The third-order valence-electron chi connectivity index (χ3n) is 6.52. The van der Waals surface area contributed by atoms with Crippen molar-refractivity contribution in [1.29, 1.82) is 0 Å². The molecule has 0 aromatic heterocycles. The summed E-state index contributed by atoms with van der Waals surface area (Å²) >= 11 is 0. The molecular weight excluding hydrogens is 449 g/mol. The standard InChI is InChI=1S/C27H59NP.BrH/c1-5-9-12-15-18-21-25-29(28-24-8-4,26-22-19-16-13-10-6-2)27-23-20-17-14-11-7-3;/h28H,5-27H2,1-4H3;1H/q+1;. The molecule has 0 aliphatic heterocycles. The van der Waals surface area contributed by atoms with Crippen molar-refractivity contribution >= 4 is 24.4 Å². The molecule has 1 N–H and O–H groups in total. The minimum absolute atomic E-state index is 0. The third kappa shape index (κ3) is 20.8. The van der Waals surface area contributed by atoms with Gasteiger partial charge in [-0.2, -0.15) is 5.09 Å². The molecule has 0 aliphatic carbocycles. The van der Waals surface area contributed by atoms with Crippen molar-refractivity contribution < 1.29 is 0 Å². The number of unbranched alkanes of at least 4 members (excludes halogenated alkanes) is 15. The van der Waals surface area contributed by atoms with E-state index in [9.17, 15) is 0 Å². The summed E-state index contributed by atoms with van der Waals surface area (Å²) in [7, 11) is -0.929. The van der Waals surface area contributed by atoms with Crippen LogP contribution in [0, 0.1) is 0 Å². The summed E-state index contributed by atoms with van der Waals surface area (Å²) in [6.45, 7) is 10.6. The topological polar surface area (TPSA) is 12.0 Å². The number of nitrogens with one attached hydrogen (secondary N) is 1. The van der Waals surface area contributed by atoms with Crippen LogP contribution in [-0.4, -0.2) is 25.0 Å². The van der Waals surface area contributed by atoms with Crippen molar-refractivity contribution in [2.45, 2.75) is 150 Å². The van der Waals surface area contributed by atoms with E-state index in [1.165, 1.54) is 147 Å². The average molecular weight is 510 g/mol. The first-order valence-electron chi connectivity index (χ1n) is 13.9. The number of halogens is 1. The van der Waals surface area contributed by atoms with Gasteiger partial charge in [-0.3, -0.25) is 0 Å². The number of hydrogen-bond donors (Lipinski definition) is 1. The van der Waals surface area contributed by atoms with E-state index in [0.29, 0.717) is 0 Å². The molecule has 30 heavy (non-hydrogen) atoms. The maximum Gasteiger partial charge on any atom is 0.0799 e. The molecule has 0 bridgehead atoms. The van der Waals surface area contributed by atoms with E-state index in [2.05, 4.69) is 32.8 Å². The Kier molecular flexibility index (Phi) is 28.8. The zero-order valence-corrected chi connectivity index (χ0v) is 24.2. The lowest BCUT2D eigenvalue weighted by molar-refractivity contribution is 0.613. The fraction of sp³-hybridized carbons (Fsp3) is 1.00. The second-order valence-electron chi connectivity index (χ2n) is 9.53. The normalized spacial score (nSPS) is 11.6. The summed E-state index contributed by atoms with van der Waals surface area (Å²) in [4.78, 5) is 0. The van der Waals surface area contributed by atoms with E-state index in [-0.39, 0.29) is 17.0 Å². The minimum Gasteiger partial charge on any atom is -0.192 e. The second kappa shape index (κ2) is 26.1. The molecule has 3 heteroatoms. The lowest BCUT2D eigenvalue weighted by Crippen LogP contribution is -2.25. The molecule has 0 saturated carbocycles. The molecule has 0 radical (unpaired) electrons. The van der Waals surface area contributed by atoms with Crippen LogP contribution in [0.15, 0.2) is 0 Å².